The van der Waals surface area contributed by atoms with Crippen LogP contribution in [0.1, 0.15) is 15.9 Å². The van der Waals surface area contributed by atoms with E-state index in [1.54, 1.807) is 24.3 Å². The van der Waals surface area contributed by atoms with Crippen LogP contribution in [0.5, 0.6) is 0 Å². The Morgan fingerprint density at radius 2 is 1.57 bits per heavy atom. The van der Waals surface area contributed by atoms with Crippen LogP contribution in [0.2, 0.25) is 5.02 Å². The number of nitriles is 1. The lowest BCUT2D eigenvalue weighted by atomic mass is 10.1. The standard InChI is InChI=1S/C18H16ClN3O/c19-16-5-7-17(8-6-16)21-9-11-22(12-10-21)18(23)15-3-1-14(13-20)2-4-15/h1-8H,9-12H2. The quantitative estimate of drug-likeness (QED) is 0.852. The van der Waals surface area contributed by atoms with Gasteiger partial charge in [0.15, 0.2) is 0 Å². The first-order valence-electron chi connectivity index (χ1n) is 7.47. The van der Waals surface area contributed by atoms with Gasteiger partial charge in [-0.25, -0.2) is 0 Å². The molecule has 3 rings (SSSR count). The number of rotatable bonds is 2. The maximum atomic E-state index is 12.5. The molecule has 0 saturated carbocycles. The maximum Gasteiger partial charge on any atom is 0.253 e. The molecule has 1 fully saturated rings. The van der Waals surface area contributed by atoms with Gasteiger partial charge in [0.05, 0.1) is 11.6 Å². The first-order valence-corrected chi connectivity index (χ1v) is 7.85. The van der Waals surface area contributed by atoms with E-state index in [0.29, 0.717) is 24.2 Å². The normalized spacial score (nSPS) is 14.4. The number of halogens is 1. The second kappa shape index (κ2) is 6.72. The third kappa shape index (κ3) is 3.46. The Morgan fingerprint density at radius 3 is 2.13 bits per heavy atom. The number of nitrogens with zero attached hydrogens (tertiary/aromatic N) is 3. The molecule has 0 radical (unpaired) electrons. The topological polar surface area (TPSA) is 47.3 Å². The molecule has 0 atom stereocenters. The van der Waals surface area contributed by atoms with Gasteiger partial charge in [0.25, 0.3) is 5.91 Å². The molecule has 1 heterocycles. The number of anilines is 1. The summed E-state index contributed by atoms with van der Waals surface area (Å²) in [5.41, 5.74) is 2.32. The van der Waals surface area contributed by atoms with Crippen LogP contribution in [-0.2, 0) is 0 Å². The van der Waals surface area contributed by atoms with Gasteiger partial charge in [0.1, 0.15) is 0 Å². The van der Waals surface area contributed by atoms with E-state index in [-0.39, 0.29) is 5.91 Å². The SMILES string of the molecule is N#Cc1ccc(C(=O)N2CCN(c3ccc(Cl)cc3)CC2)cc1. The van der Waals surface area contributed by atoms with Crippen molar-refractivity contribution in [2.45, 2.75) is 0 Å². The molecule has 1 aliphatic heterocycles. The van der Waals surface area contributed by atoms with Crippen LogP contribution in [0.3, 0.4) is 0 Å². The van der Waals surface area contributed by atoms with Crippen molar-refractivity contribution in [2.75, 3.05) is 31.1 Å². The van der Waals surface area contributed by atoms with E-state index < -0.39 is 0 Å². The summed E-state index contributed by atoms with van der Waals surface area (Å²) in [6, 6.07) is 16.6. The molecule has 0 aromatic heterocycles. The Kier molecular flexibility index (Phi) is 4.50. The highest BCUT2D eigenvalue weighted by atomic mass is 35.5. The molecule has 4 nitrogen and oxygen atoms in total. The molecule has 0 aliphatic carbocycles. The Hall–Kier alpha value is -2.51. The summed E-state index contributed by atoms with van der Waals surface area (Å²) in [5.74, 6) is 0.0187. The third-order valence-electron chi connectivity index (χ3n) is 4.02. The molecule has 0 spiro atoms. The van der Waals surface area contributed by atoms with Gasteiger partial charge in [-0.15, -0.1) is 0 Å². The average Bonchev–Trinajstić information content (AvgIpc) is 2.62. The predicted octanol–water partition coefficient (Wildman–Crippen LogP) is 3.17. The minimum Gasteiger partial charge on any atom is -0.368 e. The number of hydrogen-bond donors (Lipinski definition) is 0. The molecule has 1 aliphatic rings. The monoisotopic (exact) mass is 325 g/mol. The van der Waals surface area contributed by atoms with Gasteiger partial charge in [-0.1, -0.05) is 11.6 Å². The lowest BCUT2D eigenvalue weighted by molar-refractivity contribution is 0.0747. The highest BCUT2D eigenvalue weighted by Crippen LogP contribution is 2.20. The highest BCUT2D eigenvalue weighted by Gasteiger charge is 2.22. The zero-order chi connectivity index (χ0) is 16.2. The van der Waals surface area contributed by atoms with Crippen molar-refractivity contribution < 1.29 is 4.79 Å². The van der Waals surface area contributed by atoms with Crippen molar-refractivity contribution in [1.82, 2.24) is 4.90 Å². The Morgan fingerprint density at radius 1 is 0.957 bits per heavy atom. The number of benzene rings is 2. The molecular formula is C18H16ClN3O. The Labute approximate surface area is 140 Å². The van der Waals surface area contributed by atoms with Gasteiger partial charge in [0.2, 0.25) is 0 Å². The molecule has 2 aromatic carbocycles. The van der Waals surface area contributed by atoms with Gasteiger partial charge in [-0.3, -0.25) is 4.79 Å². The Bertz CT molecular complexity index is 726. The largest absolute Gasteiger partial charge is 0.368 e. The van der Waals surface area contributed by atoms with Gasteiger partial charge < -0.3 is 9.80 Å². The van der Waals surface area contributed by atoms with Crippen LogP contribution in [-0.4, -0.2) is 37.0 Å². The van der Waals surface area contributed by atoms with Crippen LogP contribution in [0.4, 0.5) is 5.69 Å². The van der Waals surface area contributed by atoms with Crippen LogP contribution in [0.25, 0.3) is 0 Å². The Balaban J connectivity index is 1.62. The van der Waals surface area contributed by atoms with Crippen molar-refractivity contribution in [1.29, 1.82) is 5.26 Å². The number of piperazine rings is 1. The molecule has 23 heavy (non-hydrogen) atoms. The number of hydrogen-bond acceptors (Lipinski definition) is 3. The maximum absolute atomic E-state index is 12.5. The lowest BCUT2D eigenvalue weighted by Gasteiger charge is -2.36. The second-order valence-electron chi connectivity index (χ2n) is 5.44. The zero-order valence-electron chi connectivity index (χ0n) is 12.6. The van der Waals surface area contributed by atoms with E-state index in [1.807, 2.05) is 29.2 Å². The minimum absolute atomic E-state index is 0.0187. The molecule has 116 valence electrons. The minimum atomic E-state index is 0.0187. The molecule has 0 bridgehead atoms. The van der Waals surface area contributed by atoms with Gasteiger partial charge in [-0.05, 0) is 48.5 Å². The lowest BCUT2D eigenvalue weighted by Crippen LogP contribution is -2.48. The van der Waals surface area contributed by atoms with Crippen molar-refractivity contribution in [3.63, 3.8) is 0 Å². The number of carbonyl (C=O) groups is 1. The fourth-order valence-electron chi connectivity index (χ4n) is 2.69. The number of amides is 1. The van der Waals surface area contributed by atoms with Crippen molar-refractivity contribution in [2.24, 2.45) is 0 Å². The van der Waals surface area contributed by atoms with Crippen LogP contribution in [0.15, 0.2) is 48.5 Å². The summed E-state index contributed by atoms with van der Waals surface area (Å²) < 4.78 is 0. The van der Waals surface area contributed by atoms with E-state index in [4.69, 9.17) is 16.9 Å². The van der Waals surface area contributed by atoms with Gasteiger partial charge in [0, 0.05) is 42.5 Å². The molecule has 1 saturated heterocycles. The summed E-state index contributed by atoms with van der Waals surface area (Å²) in [5, 5.41) is 9.54. The van der Waals surface area contributed by atoms with Gasteiger partial charge >= 0.3 is 0 Å². The van der Waals surface area contributed by atoms with E-state index in [2.05, 4.69) is 11.0 Å². The van der Waals surface area contributed by atoms with Crippen molar-refractivity contribution in [3.8, 4) is 6.07 Å². The highest BCUT2D eigenvalue weighted by molar-refractivity contribution is 6.30. The van der Waals surface area contributed by atoms with Crippen LogP contribution in [0, 0.1) is 11.3 Å². The summed E-state index contributed by atoms with van der Waals surface area (Å²) in [6.07, 6.45) is 0. The van der Waals surface area contributed by atoms with Crippen molar-refractivity contribution >= 4 is 23.2 Å². The number of carbonyl (C=O) groups excluding carboxylic acids is 1. The summed E-state index contributed by atoms with van der Waals surface area (Å²) in [7, 11) is 0. The molecule has 5 heteroatoms. The third-order valence-corrected chi connectivity index (χ3v) is 4.27. The first kappa shape index (κ1) is 15.4. The molecular weight excluding hydrogens is 310 g/mol. The smallest absolute Gasteiger partial charge is 0.253 e. The summed E-state index contributed by atoms with van der Waals surface area (Å²) in [6.45, 7) is 2.95. The summed E-state index contributed by atoms with van der Waals surface area (Å²) in [4.78, 5) is 16.6. The molecule has 0 unspecified atom stereocenters. The zero-order valence-corrected chi connectivity index (χ0v) is 13.3. The van der Waals surface area contributed by atoms with E-state index >= 15 is 0 Å². The fourth-order valence-corrected chi connectivity index (χ4v) is 2.82. The average molecular weight is 326 g/mol. The molecule has 1 amide bonds. The van der Waals surface area contributed by atoms with Crippen LogP contribution < -0.4 is 4.90 Å². The van der Waals surface area contributed by atoms with Gasteiger partial charge in [-0.2, -0.15) is 5.26 Å². The van der Waals surface area contributed by atoms with E-state index in [0.717, 1.165) is 23.8 Å². The summed E-state index contributed by atoms with van der Waals surface area (Å²) >= 11 is 5.91. The fraction of sp³-hybridized carbons (Fsp3) is 0.222. The van der Waals surface area contributed by atoms with Crippen molar-refractivity contribution in [3.05, 3.63) is 64.7 Å². The molecule has 2 aromatic rings. The second-order valence-corrected chi connectivity index (χ2v) is 5.88. The van der Waals surface area contributed by atoms with E-state index in [1.165, 1.54) is 0 Å². The predicted molar refractivity (Wildman–Crippen MR) is 90.7 cm³/mol. The van der Waals surface area contributed by atoms with E-state index in [9.17, 15) is 4.79 Å². The first-order chi connectivity index (χ1) is 11.2. The van der Waals surface area contributed by atoms with Crippen LogP contribution >= 0.6 is 11.6 Å². The molecule has 0 N–H and O–H groups in total.